The first kappa shape index (κ1) is 22.7. The predicted molar refractivity (Wildman–Crippen MR) is 126 cm³/mol. The third kappa shape index (κ3) is 4.96. The summed E-state index contributed by atoms with van der Waals surface area (Å²) < 4.78 is 4.94. The van der Waals surface area contributed by atoms with Crippen LogP contribution < -0.4 is 21.5 Å². The molecule has 0 saturated carbocycles. The lowest BCUT2D eigenvalue weighted by molar-refractivity contribution is -0.123. The Morgan fingerprint density at radius 1 is 1.06 bits per heavy atom. The summed E-state index contributed by atoms with van der Waals surface area (Å²) in [6, 6.07) is 13.6. The van der Waals surface area contributed by atoms with E-state index in [2.05, 4.69) is 25.9 Å². The van der Waals surface area contributed by atoms with Gasteiger partial charge >= 0.3 is 5.97 Å². The Morgan fingerprint density at radius 3 is 2.41 bits per heavy atom. The Morgan fingerprint density at radius 2 is 1.74 bits per heavy atom. The number of nitrogens with one attached hydrogen (secondary N) is 4. The normalized spacial score (nSPS) is 14.5. The van der Waals surface area contributed by atoms with Crippen molar-refractivity contribution in [3.05, 3.63) is 75.6 Å². The number of nitrogens with zero attached hydrogens (tertiary/aromatic N) is 1. The first-order valence-electron chi connectivity index (χ1n) is 10.7. The molecule has 1 aromatic heterocycles. The van der Waals surface area contributed by atoms with Crippen LogP contribution >= 0.6 is 0 Å². The summed E-state index contributed by atoms with van der Waals surface area (Å²) >= 11 is 0. The Bertz CT molecular complexity index is 1300. The number of esters is 1. The Kier molecular flexibility index (Phi) is 6.39. The van der Waals surface area contributed by atoms with Crippen LogP contribution in [0, 0.1) is 6.92 Å². The van der Waals surface area contributed by atoms with E-state index in [4.69, 9.17) is 4.74 Å². The molecule has 0 unspecified atom stereocenters. The van der Waals surface area contributed by atoms with E-state index in [0.29, 0.717) is 16.9 Å². The predicted octanol–water partition coefficient (Wildman–Crippen LogP) is 3.06. The summed E-state index contributed by atoms with van der Waals surface area (Å²) in [5.74, 6) is -2.28. The van der Waals surface area contributed by atoms with Gasteiger partial charge in [0.05, 0.1) is 23.7 Å². The fraction of sp³-hybridized carbons (Fsp3) is 0.208. The van der Waals surface area contributed by atoms with E-state index in [9.17, 15) is 19.2 Å². The molecule has 34 heavy (non-hydrogen) atoms. The number of hydrogen-bond acceptors (Lipinski definition) is 7. The van der Waals surface area contributed by atoms with Gasteiger partial charge in [0.25, 0.3) is 5.56 Å². The molecule has 1 atom stereocenters. The zero-order chi connectivity index (χ0) is 24.2. The fourth-order valence-electron chi connectivity index (χ4n) is 3.56. The van der Waals surface area contributed by atoms with Crippen molar-refractivity contribution in [3.8, 4) is 0 Å². The van der Waals surface area contributed by atoms with Gasteiger partial charge in [-0.25, -0.2) is 4.79 Å². The van der Waals surface area contributed by atoms with Crippen LogP contribution in [0.3, 0.4) is 0 Å². The zero-order valence-corrected chi connectivity index (χ0v) is 18.6. The standard InChI is InChI=1S/C24H23N5O5/c1-3-34-23(33)14-6-10-15(11-7-14)25-21(31)17-12-18(30)27-20-19(17)22(32)29-24(28-20)26-16-8-4-13(2)5-9-16/h4-11,17H,3,12H2,1-2H3,(H,25,31)(H3,26,27,28,29,30,32)/t17-/m1/s1. The van der Waals surface area contributed by atoms with Gasteiger partial charge in [-0.3, -0.25) is 19.4 Å². The van der Waals surface area contributed by atoms with Crippen LogP contribution in [0.25, 0.3) is 0 Å². The zero-order valence-electron chi connectivity index (χ0n) is 18.6. The minimum absolute atomic E-state index is 0.0346. The van der Waals surface area contributed by atoms with E-state index in [0.717, 1.165) is 5.56 Å². The number of H-pyrrole nitrogens is 1. The highest BCUT2D eigenvalue weighted by Crippen LogP contribution is 2.30. The molecule has 2 heterocycles. The molecule has 0 aliphatic carbocycles. The molecular weight excluding hydrogens is 438 g/mol. The number of carbonyl (C=O) groups is 3. The lowest BCUT2D eigenvalue weighted by Gasteiger charge is -2.23. The Balaban J connectivity index is 1.55. The summed E-state index contributed by atoms with van der Waals surface area (Å²) in [6.07, 6.45) is -0.199. The fourth-order valence-corrected chi connectivity index (χ4v) is 3.56. The molecule has 0 bridgehead atoms. The van der Waals surface area contributed by atoms with Crippen LogP contribution in [0.1, 0.15) is 40.7 Å². The second-order valence-electron chi connectivity index (χ2n) is 7.76. The second-order valence-corrected chi connectivity index (χ2v) is 7.76. The van der Waals surface area contributed by atoms with Gasteiger partial charge in [-0.05, 0) is 50.2 Å². The summed E-state index contributed by atoms with van der Waals surface area (Å²) in [5.41, 5.74) is 2.08. The lowest BCUT2D eigenvalue weighted by Crippen LogP contribution is -2.36. The summed E-state index contributed by atoms with van der Waals surface area (Å²) in [6.45, 7) is 3.92. The third-order valence-corrected chi connectivity index (χ3v) is 5.25. The summed E-state index contributed by atoms with van der Waals surface area (Å²) in [4.78, 5) is 56.8. The quantitative estimate of drug-likeness (QED) is 0.413. The number of fused-ring (bicyclic) bond motifs is 1. The number of anilines is 4. The Labute approximate surface area is 194 Å². The average molecular weight is 461 g/mol. The molecule has 0 saturated heterocycles. The van der Waals surface area contributed by atoms with E-state index < -0.39 is 29.3 Å². The van der Waals surface area contributed by atoms with Gasteiger partial charge < -0.3 is 20.7 Å². The van der Waals surface area contributed by atoms with Gasteiger partial charge in [0, 0.05) is 17.8 Å². The minimum atomic E-state index is -1.03. The third-order valence-electron chi connectivity index (χ3n) is 5.25. The van der Waals surface area contributed by atoms with Gasteiger partial charge in [0.2, 0.25) is 17.8 Å². The van der Waals surface area contributed by atoms with Gasteiger partial charge in [0.15, 0.2) is 0 Å². The van der Waals surface area contributed by atoms with Crippen molar-refractivity contribution < 1.29 is 19.1 Å². The lowest BCUT2D eigenvalue weighted by atomic mass is 9.92. The van der Waals surface area contributed by atoms with Crippen molar-refractivity contribution >= 4 is 40.9 Å². The number of hydrogen-bond donors (Lipinski definition) is 4. The monoisotopic (exact) mass is 461 g/mol. The highest BCUT2D eigenvalue weighted by molar-refractivity contribution is 6.04. The van der Waals surface area contributed by atoms with Crippen LogP contribution in [0.15, 0.2) is 53.3 Å². The van der Waals surface area contributed by atoms with E-state index in [-0.39, 0.29) is 30.4 Å². The van der Waals surface area contributed by atoms with E-state index in [1.807, 2.05) is 31.2 Å². The second kappa shape index (κ2) is 9.57. The van der Waals surface area contributed by atoms with Crippen LogP contribution in [0.5, 0.6) is 0 Å². The number of carbonyl (C=O) groups excluding carboxylic acids is 3. The molecule has 0 spiro atoms. The van der Waals surface area contributed by atoms with E-state index >= 15 is 0 Å². The van der Waals surface area contributed by atoms with Crippen molar-refractivity contribution in [2.45, 2.75) is 26.2 Å². The van der Waals surface area contributed by atoms with Crippen LogP contribution in [-0.2, 0) is 14.3 Å². The maximum atomic E-state index is 13.0. The van der Waals surface area contributed by atoms with Crippen molar-refractivity contribution in [1.82, 2.24) is 9.97 Å². The van der Waals surface area contributed by atoms with E-state index in [1.165, 1.54) is 12.1 Å². The van der Waals surface area contributed by atoms with E-state index in [1.54, 1.807) is 19.1 Å². The maximum absolute atomic E-state index is 13.0. The van der Waals surface area contributed by atoms with Crippen LogP contribution in [-0.4, -0.2) is 34.4 Å². The number of benzene rings is 2. The van der Waals surface area contributed by atoms with Crippen molar-refractivity contribution in [1.29, 1.82) is 0 Å². The van der Waals surface area contributed by atoms with Gasteiger partial charge in [-0.15, -0.1) is 0 Å². The van der Waals surface area contributed by atoms with Gasteiger partial charge in [-0.2, -0.15) is 4.98 Å². The smallest absolute Gasteiger partial charge is 0.338 e. The number of amides is 2. The number of aromatic amines is 1. The Hall–Kier alpha value is -4.47. The number of ether oxygens (including phenoxy) is 1. The summed E-state index contributed by atoms with van der Waals surface area (Å²) in [5, 5.41) is 8.25. The number of rotatable bonds is 6. The number of aromatic nitrogens is 2. The maximum Gasteiger partial charge on any atom is 0.338 e. The molecule has 0 fully saturated rings. The molecule has 1 aliphatic rings. The molecule has 3 aromatic rings. The average Bonchev–Trinajstić information content (AvgIpc) is 2.80. The molecule has 174 valence electrons. The van der Waals surface area contributed by atoms with Crippen molar-refractivity contribution in [2.75, 3.05) is 22.6 Å². The molecule has 10 nitrogen and oxygen atoms in total. The number of aryl methyl sites for hydroxylation is 1. The molecule has 4 rings (SSSR count). The van der Waals surface area contributed by atoms with Crippen LogP contribution in [0.4, 0.5) is 23.1 Å². The molecular formula is C24H23N5O5. The minimum Gasteiger partial charge on any atom is -0.462 e. The van der Waals surface area contributed by atoms with Gasteiger partial charge in [0.1, 0.15) is 5.82 Å². The van der Waals surface area contributed by atoms with Crippen molar-refractivity contribution in [3.63, 3.8) is 0 Å². The van der Waals surface area contributed by atoms with Gasteiger partial charge in [-0.1, -0.05) is 17.7 Å². The molecule has 4 N–H and O–H groups in total. The molecule has 10 heteroatoms. The van der Waals surface area contributed by atoms with Crippen LogP contribution in [0.2, 0.25) is 0 Å². The molecule has 2 amide bonds. The summed E-state index contributed by atoms with van der Waals surface area (Å²) in [7, 11) is 0. The SMILES string of the molecule is CCOC(=O)c1ccc(NC(=O)[C@@H]2CC(=O)Nc3nc(Nc4ccc(C)cc4)[nH]c(=O)c32)cc1. The first-order chi connectivity index (χ1) is 16.3. The molecule has 0 radical (unpaired) electrons. The molecule has 1 aliphatic heterocycles. The van der Waals surface area contributed by atoms with Crippen molar-refractivity contribution in [2.24, 2.45) is 0 Å². The first-order valence-corrected chi connectivity index (χ1v) is 10.7. The topological polar surface area (TPSA) is 142 Å². The highest BCUT2D eigenvalue weighted by atomic mass is 16.5. The highest BCUT2D eigenvalue weighted by Gasteiger charge is 2.34. The molecule has 2 aromatic carbocycles. The largest absolute Gasteiger partial charge is 0.462 e.